The van der Waals surface area contributed by atoms with Gasteiger partial charge in [0, 0.05) is 11.6 Å². The Morgan fingerprint density at radius 1 is 0.760 bits per heavy atom. The molecule has 0 radical (unpaired) electrons. The molecule has 0 aliphatic rings. The highest BCUT2D eigenvalue weighted by molar-refractivity contribution is 6.75. The molecule has 0 aliphatic carbocycles. The van der Waals surface area contributed by atoms with E-state index in [1.807, 2.05) is 18.2 Å². The lowest BCUT2D eigenvalue weighted by Crippen LogP contribution is -2.44. The first-order chi connectivity index (χ1) is 11.0. The van der Waals surface area contributed by atoms with Crippen molar-refractivity contribution in [2.24, 2.45) is 0 Å². The third-order valence-electron chi connectivity index (χ3n) is 5.64. The first-order valence-electron chi connectivity index (χ1n) is 9.00. The van der Waals surface area contributed by atoms with E-state index in [0.29, 0.717) is 5.56 Å². The molecule has 0 aromatic heterocycles. The minimum atomic E-state index is -1.98. The maximum absolute atomic E-state index is 12.0. The van der Waals surface area contributed by atoms with E-state index in [1.165, 1.54) is 0 Å². The summed E-state index contributed by atoms with van der Waals surface area (Å²) < 4.78 is 12.8. The van der Waals surface area contributed by atoms with Gasteiger partial charge in [0.1, 0.15) is 11.5 Å². The van der Waals surface area contributed by atoms with E-state index in [0.717, 1.165) is 11.5 Å². The Bertz CT molecular complexity index is 589. The van der Waals surface area contributed by atoms with E-state index >= 15 is 0 Å². The van der Waals surface area contributed by atoms with Crippen LogP contribution in [0.2, 0.25) is 36.3 Å². The normalized spacial score (nSPS) is 13.6. The van der Waals surface area contributed by atoms with Crippen LogP contribution in [0.1, 0.15) is 58.8 Å². The zero-order valence-electron chi connectivity index (χ0n) is 18.0. The topological polar surface area (TPSA) is 35.5 Å². The Hall–Kier alpha value is -1.08. The van der Waals surface area contributed by atoms with Gasteiger partial charge in [-0.2, -0.15) is 0 Å². The van der Waals surface area contributed by atoms with Crippen molar-refractivity contribution in [1.82, 2.24) is 0 Å². The standard InChI is InChI=1S/C20H36O3Si2/c1-15(21)16-12-17(22-24(8,9)19(2,3)4)14-18(13-16)23-25(10,11)20(5,6)7/h12-14H,1-11H3. The SMILES string of the molecule is CC(=O)c1cc(O[Si](C)(C)C(C)(C)C)cc(O[Si](C)(C)C(C)(C)C)c1. The van der Waals surface area contributed by atoms with Gasteiger partial charge in [0.05, 0.1) is 0 Å². The summed E-state index contributed by atoms with van der Waals surface area (Å²) in [5.74, 6) is 1.52. The maximum Gasteiger partial charge on any atom is 0.250 e. The molecule has 0 N–H and O–H groups in total. The van der Waals surface area contributed by atoms with Crippen LogP contribution < -0.4 is 8.85 Å². The van der Waals surface area contributed by atoms with Gasteiger partial charge in [-0.15, -0.1) is 0 Å². The fourth-order valence-electron chi connectivity index (χ4n) is 1.79. The molecule has 5 heteroatoms. The molecule has 3 nitrogen and oxygen atoms in total. The van der Waals surface area contributed by atoms with Crippen molar-refractivity contribution in [3.63, 3.8) is 0 Å². The van der Waals surface area contributed by atoms with Crippen LogP contribution in [0.3, 0.4) is 0 Å². The molecule has 0 amide bonds. The van der Waals surface area contributed by atoms with Crippen molar-refractivity contribution in [2.75, 3.05) is 0 Å². The maximum atomic E-state index is 12.0. The third kappa shape index (κ3) is 5.45. The summed E-state index contributed by atoms with van der Waals surface area (Å²) >= 11 is 0. The van der Waals surface area contributed by atoms with Gasteiger partial charge in [0.2, 0.25) is 16.6 Å². The number of Topliss-reactive ketones (excluding diaryl/α,β-unsaturated/α-hetero) is 1. The second kappa shape index (κ2) is 6.91. The summed E-state index contributed by atoms with van der Waals surface area (Å²) in [6.45, 7) is 23.7. The molecule has 1 aromatic carbocycles. The van der Waals surface area contributed by atoms with Crippen LogP contribution in [0.4, 0.5) is 0 Å². The van der Waals surface area contributed by atoms with Gasteiger partial charge < -0.3 is 8.85 Å². The molecule has 0 saturated carbocycles. The van der Waals surface area contributed by atoms with E-state index in [-0.39, 0.29) is 15.9 Å². The van der Waals surface area contributed by atoms with Crippen LogP contribution in [0.25, 0.3) is 0 Å². The van der Waals surface area contributed by atoms with E-state index in [1.54, 1.807) is 6.92 Å². The van der Waals surface area contributed by atoms with Crippen LogP contribution in [-0.4, -0.2) is 22.4 Å². The molecule has 0 heterocycles. The van der Waals surface area contributed by atoms with Gasteiger partial charge in [0.15, 0.2) is 5.78 Å². The van der Waals surface area contributed by atoms with Crippen LogP contribution >= 0.6 is 0 Å². The Balaban J connectivity index is 3.30. The number of hydrogen-bond acceptors (Lipinski definition) is 3. The molecule has 1 rings (SSSR count). The lowest BCUT2D eigenvalue weighted by Gasteiger charge is -2.38. The van der Waals surface area contributed by atoms with Crippen LogP contribution in [0, 0.1) is 0 Å². The average Bonchev–Trinajstić information content (AvgIpc) is 2.34. The monoisotopic (exact) mass is 380 g/mol. The van der Waals surface area contributed by atoms with Crippen LogP contribution in [0.15, 0.2) is 18.2 Å². The number of rotatable bonds is 5. The predicted molar refractivity (Wildman–Crippen MR) is 112 cm³/mol. The molecule has 25 heavy (non-hydrogen) atoms. The van der Waals surface area contributed by atoms with Crippen molar-refractivity contribution in [3.8, 4) is 11.5 Å². The summed E-state index contributed by atoms with van der Waals surface area (Å²) in [7, 11) is -3.95. The molecule has 0 bridgehead atoms. The van der Waals surface area contributed by atoms with Crippen molar-refractivity contribution in [3.05, 3.63) is 23.8 Å². The summed E-state index contributed by atoms with van der Waals surface area (Å²) in [5, 5.41) is 0.194. The molecule has 1 aromatic rings. The van der Waals surface area contributed by atoms with Gasteiger partial charge in [-0.05, 0) is 55.3 Å². The molecule has 0 atom stereocenters. The second-order valence-corrected chi connectivity index (χ2v) is 19.4. The zero-order valence-corrected chi connectivity index (χ0v) is 20.0. The molecular formula is C20H36O3Si2. The Labute approximate surface area is 156 Å². The van der Waals surface area contributed by atoms with Crippen molar-refractivity contribution in [2.45, 2.75) is 84.7 Å². The molecule has 0 saturated heterocycles. The van der Waals surface area contributed by atoms with Crippen molar-refractivity contribution < 1.29 is 13.6 Å². The smallest absolute Gasteiger partial charge is 0.250 e. The fourth-order valence-corrected chi connectivity index (χ4v) is 3.81. The van der Waals surface area contributed by atoms with E-state index in [4.69, 9.17) is 8.85 Å². The average molecular weight is 381 g/mol. The van der Waals surface area contributed by atoms with Gasteiger partial charge in [-0.3, -0.25) is 4.79 Å². The summed E-state index contributed by atoms with van der Waals surface area (Å²) in [6, 6.07) is 5.65. The first-order valence-corrected chi connectivity index (χ1v) is 14.8. The predicted octanol–water partition coefficient (Wildman–Crippen LogP) is 6.66. The molecule has 0 aliphatic heterocycles. The molecule has 0 fully saturated rings. The summed E-state index contributed by atoms with van der Waals surface area (Å²) in [4.78, 5) is 12.0. The third-order valence-corrected chi connectivity index (χ3v) is 14.4. The molecule has 142 valence electrons. The first kappa shape index (κ1) is 22.0. The van der Waals surface area contributed by atoms with Crippen molar-refractivity contribution >= 4 is 22.4 Å². The van der Waals surface area contributed by atoms with E-state index < -0.39 is 16.6 Å². The molecular weight excluding hydrogens is 344 g/mol. The highest BCUT2D eigenvalue weighted by atomic mass is 28.4. The number of benzene rings is 1. The lowest BCUT2D eigenvalue weighted by atomic mass is 10.1. The zero-order chi connectivity index (χ0) is 19.8. The van der Waals surface area contributed by atoms with E-state index in [2.05, 4.69) is 67.7 Å². The highest BCUT2D eigenvalue weighted by Crippen LogP contribution is 2.40. The number of ketones is 1. The number of hydrogen-bond donors (Lipinski definition) is 0. The Morgan fingerprint density at radius 2 is 1.08 bits per heavy atom. The fraction of sp³-hybridized carbons (Fsp3) is 0.650. The summed E-state index contributed by atoms with van der Waals surface area (Å²) in [6.07, 6.45) is 0. The molecule has 0 unspecified atom stereocenters. The number of carbonyl (C=O) groups excluding carboxylic acids is 1. The van der Waals surface area contributed by atoms with E-state index in [9.17, 15) is 4.79 Å². The minimum absolute atomic E-state index is 0.0285. The second-order valence-electron chi connectivity index (χ2n) is 9.97. The minimum Gasteiger partial charge on any atom is -0.543 e. The van der Waals surface area contributed by atoms with Crippen LogP contribution in [-0.2, 0) is 0 Å². The summed E-state index contributed by atoms with van der Waals surface area (Å²) in [5.41, 5.74) is 0.643. The molecule has 0 spiro atoms. The van der Waals surface area contributed by atoms with Gasteiger partial charge >= 0.3 is 0 Å². The van der Waals surface area contributed by atoms with Gasteiger partial charge in [-0.1, -0.05) is 41.5 Å². The highest BCUT2D eigenvalue weighted by Gasteiger charge is 2.40. The van der Waals surface area contributed by atoms with Gasteiger partial charge in [0.25, 0.3) is 0 Å². The quantitative estimate of drug-likeness (QED) is 0.423. The Morgan fingerprint density at radius 3 is 1.32 bits per heavy atom. The number of carbonyl (C=O) groups is 1. The van der Waals surface area contributed by atoms with Gasteiger partial charge in [-0.25, -0.2) is 0 Å². The van der Waals surface area contributed by atoms with Crippen LogP contribution in [0.5, 0.6) is 11.5 Å². The lowest BCUT2D eigenvalue weighted by molar-refractivity contribution is 0.101. The largest absolute Gasteiger partial charge is 0.543 e. The Kier molecular flexibility index (Phi) is 6.07. The van der Waals surface area contributed by atoms with Crippen molar-refractivity contribution in [1.29, 1.82) is 0 Å².